The molecule has 2 aromatic rings. The van der Waals surface area contributed by atoms with Crippen LogP contribution in [-0.4, -0.2) is 0 Å². The van der Waals surface area contributed by atoms with Crippen molar-refractivity contribution in [2.75, 3.05) is 0 Å². The lowest BCUT2D eigenvalue weighted by atomic mass is 10.2. The summed E-state index contributed by atoms with van der Waals surface area (Å²) in [5.41, 5.74) is 0.911. The van der Waals surface area contributed by atoms with E-state index in [0.717, 1.165) is 21.2 Å². The number of rotatable bonds is 1. The summed E-state index contributed by atoms with van der Waals surface area (Å²) in [6.07, 6.45) is 0. The van der Waals surface area contributed by atoms with Crippen molar-refractivity contribution in [2.24, 2.45) is 0 Å². The normalized spacial score (nSPS) is 10.8. The van der Waals surface area contributed by atoms with Crippen LogP contribution in [0.25, 0.3) is 11.0 Å². The van der Waals surface area contributed by atoms with Gasteiger partial charge in [0.25, 0.3) is 0 Å². The van der Waals surface area contributed by atoms with Crippen molar-refractivity contribution < 1.29 is 4.42 Å². The molecule has 1 aromatic carbocycles. The molecule has 2 rings (SSSR count). The molecule has 12 heavy (non-hydrogen) atoms. The van der Waals surface area contributed by atoms with Crippen molar-refractivity contribution in [1.29, 1.82) is 0 Å². The van der Waals surface area contributed by atoms with E-state index < -0.39 is 0 Å². The zero-order valence-electron chi connectivity index (χ0n) is 6.25. The minimum absolute atomic E-state index is 0.640. The van der Waals surface area contributed by atoms with Crippen LogP contribution < -0.4 is 0 Å². The minimum Gasteiger partial charge on any atom is -0.460 e. The van der Waals surface area contributed by atoms with Gasteiger partial charge in [-0.1, -0.05) is 22.0 Å². The first-order chi connectivity index (χ1) is 5.81. The highest BCUT2D eigenvalue weighted by molar-refractivity contribution is 9.10. The number of fused-ring (bicyclic) bond motifs is 1. The second-order valence-electron chi connectivity index (χ2n) is 2.52. The smallest absolute Gasteiger partial charge is 0.135 e. The number of furan rings is 1. The van der Waals surface area contributed by atoms with E-state index in [2.05, 4.69) is 28.6 Å². The number of thiol groups is 1. The highest BCUT2D eigenvalue weighted by atomic mass is 79.9. The number of hydrogen-bond donors (Lipinski definition) is 1. The Balaban J connectivity index is 2.74. The van der Waals surface area contributed by atoms with Gasteiger partial charge in [0.2, 0.25) is 0 Å². The second-order valence-corrected chi connectivity index (χ2v) is 3.69. The lowest BCUT2D eigenvalue weighted by molar-refractivity contribution is 0.574. The van der Waals surface area contributed by atoms with E-state index in [1.807, 2.05) is 24.3 Å². The molecule has 0 saturated carbocycles. The van der Waals surface area contributed by atoms with Crippen LogP contribution in [0, 0.1) is 0 Å². The standard InChI is InChI=1S/C9H7BrOS/c10-8-2-1-3-9-7(8)4-6(5-12)11-9/h1-4,12H,5H2. The van der Waals surface area contributed by atoms with E-state index in [4.69, 9.17) is 4.42 Å². The first-order valence-electron chi connectivity index (χ1n) is 3.59. The van der Waals surface area contributed by atoms with Gasteiger partial charge in [-0.15, -0.1) is 0 Å². The molecule has 0 saturated heterocycles. The van der Waals surface area contributed by atoms with Gasteiger partial charge in [0.05, 0.1) is 0 Å². The molecular weight excluding hydrogens is 236 g/mol. The van der Waals surface area contributed by atoms with E-state index in [0.29, 0.717) is 5.75 Å². The monoisotopic (exact) mass is 242 g/mol. The topological polar surface area (TPSA) is 13.1 Å². The first-order valence-corrected chi connectivity index (χ1v) is 5.01. The van der Waals surface area contributed by atoms with Gasteiger partial charge in [-0.05, 0) is 18.2 Å². The third-order valence-corrected chi connectivity index (χ3v) is 2.72. The third-order valence-electron chi connectivity index (χ3n) is 1.72. The third kappa shape index (κ3) is 1.27. The molecule has 1 aromatic heterocycles. The fraction of sp³-hybridized carbons (Fsp3) is 0.111. The maximum absolute atomic E-state index is 5.49. The predicted octanol–water partition coefficient (Wildman–Crippen LogP) is 3.63. The Labute approximate surface area is 84.3 Å². The van der Waals surface area contributed by atoms with E-state index >= 15 is 0 Å². The second kappa shape index (κ2) is 3.15. The SMILES string of the molecule is SCc1cc2c(Br)cccc2o1. The van der Waals surface area contributed by atoms with Crippen molar-refractivity contribution in [2.45, 2.75) is 5.75 Å². The van der Waals surface area contributed by atoms with E-state index in [1.165, 1.54) is 0 Å². The molecule has 0 unspecified atom stereocenters. The molecule has 0 N–H and O–H groups in total. The average molecular weight is 243 g/mol. The molecule has 62 valence electrons. The van der Waals surface area contributed by atoms with Crippen LogP contribution in [0.5, 0.6) is 0 Å². The summed E-state index contributed by atoms with van der Waals surface area (Å²) in [7, 11) is 0. The molecule has 0 bridgehead atoms. The minimum atomic E-state index is 0.640. The summed E-state index contributed by atoms with van der Waals surface area (Å²) in [6, 6.07) is 7.91. The molecule has 0 aliphatic rings. The van der Waals surface area contributed by atoms with Gasteiger partial charge in [-0.25, -0.2) is 0 Å². The Morgan fingerprint density at radius 1 is 1.42 bits per heavy atom. The molecule has 0 spiro atoms. The molecule has 1 heterocycles. The van der Waals surface area contributed by atoms with Gasteiger partial charge >= 0.3 is 0 Å². The van der Waals surface area contributed by atoms with Crippen molar-refractivity contribution in [1.82, 2.24) is 0 Å². The Hall–Kier alpha value is -0.410. The van der Waals surface area contributed by atoms with Crippen molar-refractivity contribution in [3.05, 3.63) is 34.5 Å². The van der Waals surface area contributed by atoms with Gasteiger partial charge in [0.15, 0.2) is 0 Å². The molecule has 1 nitrogen and oxygen atoms in total. The lowest BCUT2D eigenvalue weighted by Crippen LogP contribution is -1.64. The molecule has 0 fully saturated rings. The van der Waals surface area contributed by atoms with Crippen LogP contribution >= 0.6 is 28.6 Å². The molecular formula is C9H7BrOS. The summed E-state index contributed by atoms with van der Waals surface area (Å²) in [5.74, 6) is 1.54. The largest absolute Gasteiger partial charge is 0.460 e. The van der Waals surface area contributed by atoms with Crippen molar-refractivity contribution in [3.63, 3.8) is 0 Å². The van der Waals surface area contributed by atoms with Crippen LogP contribution in [0.3, 0.4) is 0 Å². The van der Waals surface area contributed by atoms with Gasteiger partial charge in [-0.3, -0.25) is 0 Å². The zero-order valence-corrected chi connectivity index (χ0v) is 8.73. The van der Waals surface area contributed by atoms with E-state index in [1.54, 1.807) is 0 Å². The van der Waals surface area contributed by atoms with Crippen molar-refractivity contribution in [3.8, 4) is 0 Å². The fourth-order valence-corrected chi connectivity index (χ4v) is 1.77. The van der Waals surface area contributed by atoms with Gasteiger partial charge in [0.1, 0.15) is 11.3 Å². The average Bonchev–Trinajstić information content (AvgIpc) is 2.49. The number of hydrogen-bond acceptors (Lipinski definition) is 2. The maximum atomic E-state index is 5.49. The molecule has 0 aliphatic carbocycles. The Kier molecular flexibility index (Phi) is 2.15. The summed E-state index contributed by atoms with van der Waals surface area (Å²) >= 11 is 7.60. The molecule has 0 amide bonds. The predicted molar refractivity (Wildman–Crippen MR) is 56.6 cm³/mol. The Morgan fingerprint density at radius 2 is 2.25 bits per heavy atom. The molecule has 3 heteroatoms. The molecule has 0 radical (unpaired) electrons. The highest BCUT2D eigenvalue weighted by Crippen LogP contribution is 2.27. The molecule has 0 atom stereocenters. The van der Waals surface area contributed by atoms with Crippen LogP contribution in [-0.2, 0) is 5.75 Å². The summed E-state index contributed by atoms with van der Waals surface area (Å²) in [5, 5.41) is 1.11. The van der Waals surface area contributed by atoms with E-state index in [9.17, 15) is 0 Å². The van der Waals surface area contributed by atoms with Crippen molar-refractivity contribution >= 4 is 39.5 Å². The lowest BCUT2D eigenvalue weighted by Gasteiger charge is -1.88. The zero-order chi connectivity index (χ0) is 8.55. The molecule has 0 aliphatic heterocycles. The van der Waals surface area contributed by atoms with Crippen LogP contribution in [0.1, 0.15) is 5.76 Å². The summed E-state index contributed by atoms with van der Waals surface area (Å²) < 4.78 is 6.56. The Bertz CT molecular complexity index is 408. The number of benzene rings is 1. The maximum Gasteiger partial charge on any atom is 0.135 e. The van der Waals surface area contributed by atoms with Crippen LogP contribution in [0.15, 0.2) is 33.2 Å². The summed E-state index contributed by atoms with van der Waals surface area (Å²) in [6.45, 7) is 0. The van der Waals surface area contributed by atoms with Crippen LogP contribution in [0.2, 0.25) is 0 Å². The highest BCUT2D eigenvalue weighted by Gasteiger charge is 2.03. The van der Waals surface area contributed by atoms with Gasteiger partial charge in [0, 0.05) is 15.6 Å². The number of halogens is 1. The Morgan fingerprint density at radius 3 is 2.92 bits per heavy atom. The quantitative estimate of drug-likeness (QED) is 0.755. The fourth-order valence-electron chi connectivity index (χ4n) is 1.16. The summed E-state index contributed by atoms with van der Waals surface area (Å²) in [4.78, 5) is 0. The first kappa shape index (κ1) is 8.20. The van der Waals surface area contributed by atoms with E-state index in [-0.39, 0.29) is 0 Å². The van der Waals surface area contributed by atoms with Gasteiger partial charge in [-0.2, -0.15) is 12.6 Å². The van der Waals surface area contributed by atoms with Crippen LogP contribution in [0.4, 0.5) is 0 Å². The van der Waals surface area contributed by atoms with Gasteiger partial charge < -0.3 is 4.42 Å².